The molecular formula is C20H22ClNO6. The zero-order valence-electron chi connectivity index (χ0n) is 15.9. The first-order valence-corrected chi connectivity index (χ1v) is 9.00. The van der Waals surface area contributed by atoms with E-state index in [4.69, 9.17) is 30.5 Å². The second-order valence-corrected chi connectivity index (χ2v) is 6.07. The summed E-state index contributed by atoms with van der Waals surface area (Å²) in [6.45, 7) is 3.60. The Labute approximate surface area is 168 Å². The van der Waals surface area contributed by atoms with Crippen molar-refractivity contribution in [1.82, 2.24) is 0 Å². The number of hydrogen-bond acceptors (Lipinski definition) is 6. The molecule has 0 radical (unpaired) electrons. The first-order chi connectivity index (χ1) is 13.4. The lowest BCUT2D eigenvalue weighted by Crippen LogP contribution is -2.31. The number of rotatable bonds is 9. The van der Waals surface area contributed by atoms with Crippen LogP contribution in [-0.4, -0.2) is 38.3 Å². The highest BCUT2D eigenvalue weighted by Gasteiger charge is 2.18. The lowest BCUT2D eigenvalue weighted by atomic mass is 10.3. The fourth-order valence-electron chi connectivity index (χ4n) is 2.21. The third-order valence-electron chi connectivity index (χ3n) is 3.59. The molecule has 2 aromatic rings. The first-order valence-electron chi connectivity index (χ1n) is 8.62. The van der Waals surface area contributed by atoms with E-state index in [9.17, 15) is 9.59 Å². The summed E-state index contributed by atoms with van der Waals surface area (Å²) in [6.07, 6.45) is -1.00. The Kier molecular flexibility index (Phi) is 7.95. The number of carbonyl (C=O) groups excluding carboxylic acids is 2. The summed E-state index contributed by atoms with van der Waals surface area (Å²) in [4.78, 5) is 24.1. The molecule has 0 spiro atoms. The van der Waals surface area contributed by atoms with Gasteiger partial charge in [0, 0.05) is 5.69 Å². The van der Waals surface area contributed by atoms with Crippen molar-refractivity contribution in [1.29, 1.82) is 0 Å². The number of halogens is 1. The van der Waals surface area contributed by atoms with Gasteiger partial charge in [0.15, 0.2) is 12.7 Å². The molecule has 0 aromatic heterocycles. The molecule has 0 saturated heterocycles. The average molecular weight is 408 g/mol. The Bertz CT molecular complexity index is 809. The second-order valence-electron chi connectivity index (χ2n) is 5.66. The maximum absolute atomic E-state index is 12.2. The fourth-order valence-corrected chi connectivity index (χ4v) is 2.47. The topological polar surface area (TPSA) is 83.1 Å². The van der Waals surface area contributed by atoms with Crippen molar-refractivity contribution in [3.05, 3.63) is 47.5 Å². The number of carbonyl (C=O) groups is 2. The van der Waals surface area contributed by atoms with E-state index >= 15 is 0 Å². The van der Waals surface area contributed by atoms with Gasteiger partial charge in [-0.3, -0.25) is 4.79 Å². The molecule has 1 atom stereocenters. The van der Waals surface area contributed by atoms with Crippen LogP contribution in [0.2, 0.25) is 5.02 Å². The second kappa shape index (κ2) is 10.4. The van der Waals surface area contributed by atoms with Gasteiger partial charge in [-0.05, 0) is 56.3 Å². The van der Waals surface area contributed by atoms with Crippen molar-refractivity contribution >= 4 is 29.2 Å². The van der Waals surface area contributed by atoms with E-state index in [1.165, 1.54) is 14.0 Å². The smallest absolute Gasteiger partial charge is 0.344 e. The Balaban J connectivity index is 1.80. The van der Waals surface area contributed by atoms with Crippen molar-refractivity contribution in [3.8, 4) is 17.2 Å². The van der Waals surface area contributed by atoms with Crippen molar-refractivity contribution < 1.29 is 28.5 Å². The molecule has 0 aliphatic heterocycles. The van der Waals surface area contributed by atoms with Gasteiger partial charge in [-0.2, -0.15) is 0 Å². The Morgan fingerprint density at radius 1 is 1.07 bits per heavy atom. The van der Waals surface area contributed by atoms with E-state index in [1.54, 1.807) is 42.5 Å². The molecule has 2 aromatic carbocycles. The summed E-state index contributed by atoms with van der Waals surface area (Å²) < 4.78 is 20.8. The van der Waals surface area contributed by atoms with Crippen LogP contribution >= 0.6 is 11.6 Å². The van der Waals surface area contributed by atoms with Gasteiger partial charge in [0.2, 0.25) is 0 Å². The molecule has 0 aliphatic rings. The third-order valence-corrected chi connectivity index (χ3v) is 3.88. The van der Waals surface area contributed by atoms with Crippen LogP contribution in [0.3, 0.4) is 0 Å². The Morgan fingerprint density at radius 3 is 2.29 bits per heavy atom. The molecule has 0 unspecified atom stereocenters. The molecule has 7 nitrogen and oxygen atoms in total. The van der Waals surface area contributed by atoms with Crippen LogP contribution in [0.4, 0.5) is 5.69 Å². The normalized spacial score (nSPS) is 11.3. The number of methoxy groups -OCH3 is 1. The van der Waals surface area contributed by atoms with Gasteiger partial charge >= 0.3 is 5.97 Å². The summed E-state index contributed by atoms with van der Waals surface area (Å²) in [6, 6.07) is 11.6. The summed E-state index contributed by atoms with van der Waals surface area (Å²) in [5, 5.41) is 2.98. The molecule has 1 amide bonds. The molecule has 0 fully saturated rings. The zero-order chi connectivity index (χ0) is 20.5. The molecule has 8 heteroatoms. The Hall–Kier alpha value is -2.93. The number of hydrogen-bond donors (Lipinski definition) is 1. The van der Waals surface area contributed by atoms with Gasteiger partial charge in [-0.25, -0.2) is 4.79 Å². The lowest BCUT2D eigenvalue weighted by molar-refractivity contribution is -0.155. The van der Waals surface area contributed by atoms with Crippen LogP contribution in [0, 0.1) is 0 Å². The van der Waals surface area contributed by atoms with Gasteiger partial charge in [-0.15, -0.1) is 0 Å². The number of anilines is 1. The van der Waals surface area contributed by atoms with Crippen molar-refractivity contribution in [2.45, 2.75) is 20.0 Å². The maximum Gasteiger partial charge on any atom is 0.344 e. The number of amides is 1. The molecular weight excluding hydrogens is 386 g/mol. The quantitative estimate of drug-likeness (QED) is 0.638. The standard InChI is InChI=1S/C20H22ClNO6/c1-4-26-15-6-8-16(9-7-15)27-12-19(23)28-13(2)20(24)22-14-5-10-18(25-3)17(21)11-14/h5-11,13H,4,12H2,1-3H3,(H,22,24)/t13-/m1/s1. The minimum Gasteiger partial charge on any atom is -0.495 e. The molecule has 0 bridgehead atoms. The largest absolute Gasteiger partial charge is 0.495 e. The first kappa shape index (κ1) is 21.4. The van der Waals surface area contributed by atoms with E-state index in [-0.39, 0.29) is 6.61 Å². The van der Waals surface area contributed by atoms with Crippen LogP contribution in [0.1, 0.15) is 13.8 Å². The van der Waals surface area contributed by atoms with E-state index < -0.39 is 18.0 Å². The molecule has 150 valence electrons. The summed E-state index contributed by atoms with van der Waals surface area (Å²) in [7, 11) is 1.50. The average Bonchev–Trinajstić information content (AvgIpc) is 2.68. The monoisotopic (exact) mass is 407 g/mol. The highest BCUT2D eigenvalue weighted by atomic mass is 35.5. The third kappa shape index (κ3) is 6.35. The van der Waals surface area contributed by atoms with E-state index in [2.05, 4.69) is 5.32 Å². The van der Waals surface area contributed by atoms with Crippen molar-refractivity contribution in [2.24, 2.45) is 0 Å². The maximum atomic E-state index is 12.2. The summed E-state index contributed by atoms with van der Waals surface area (Å²) >= 11 is 6.02. The molecule has 0 saturated carbocycles. The van der Waals surface area contributed by atoms with Crippen LogP contribution in [0.25, 0.3) is 0 Å². The number of ether oxygens (including phenoxy) is 4. The van der Waals surface area contributed by atoms with Gasteiger partial charge in [0.25, 0.3) is 5.91 Å². The molecule has 2 rings (SSSR count). The van der Waals surface area contributed by atoms with Gasteiger partial charge in [-0.1, -0.05) is 11.6 Å². The number of benzene rings is 2. The highest BCUT2D eigenvalue weighted by Crippen LogP contribution is 2.27. The highest BCUT2D eigenvalue weighted by molar-refractivity contribution is 6.32. The van der Waals surface area contributed by atoms with Crippen LogP contribution in [0.5, 0.6) is 17.2 Å². The van der Waals surface area contributed by atoms with Gasteiger partial charge in [0.1, 0.15) is 17.2 Å². The van der Waals surface area contributed by atoms with E-state index in [0.29, 0.717) is 34.6 Å². The molecule has 28 heavy (non-hydrogen) atoms. The molecule has 0 heterocycles. The van der Waals surface area contributed by atoms with Crippen molar-refractivity contribution in [2.75, 3.05) is 25.6 Å². The summed E-state index contributed by atoms with van der Waals surface area (Å²) in [5.41, 5.74) is 0.462. The fraction of sp³-hybridized carbons (Fsp3) is 0.300. The molecule has 1 N–H and O–H groups in total. The van der Waals surface area contributed by atoms with Gasteiger partial charge in [0.05, 0.1) is 18.7 Å². The lowest BCUT2D eigenvalue weighted by Gasteiger charge is -2.14. The minimum absolute atomic E-state index is 0.319. The van der Waals surface area contributed by atoms with E-state index in [1.807, 2.05) is 6.92 Å². The number of nitrogens with one attached hydrogen (secondary N) is 1. The van der Waals surface area contributed by atoms with Gasteiger partial charge < -0.3 is 24.3 Å². The van der Waals surface area contributed by atoms with E-state index in [0.717, 1.165) is 0 Å². The molecule has 0 aliphatic carbocycles. The Morgan fingerprint density at radius 2 is 1.71 bits per heavy atom. The van der Waals surface area contributed by atoms with Crippen LogP contribution in [-0.2, 0) is 14.3 Å². The number of esters is 1. The predicted octanol–water partition coefficient (Wildman–Crippen LogP) is 3.70. The van der Waals surface area contributed by atoms with Crippen molar-refractivity contribution in [3.63, 3.8) is 0 Å². The summed E-state index contributed by atoms with van der Waals surface area (Å²) in [5.74, 6) is 0.539. The SMILES string of the molecule is CCOc1ccc(OCC(=O)O[C@H](C)C(=O)Nc2ccc(OC)c(Cl)c2)cc1. The zero-order valence-corrected chi connectivity index (χ0v) is 16.6. The van der Waals surface area contributed by atoms with Crippen LogP contribution in [0.15, 0.2) is 42.5 Å². The minimum atomic E-state index is -1.00. The predicted molar refractivity (Wildman–Crippen MR) is 105 cm³/mol. The van der Waals surface area contributed by atoms with Crippen LogP contribution < -0.4 is 19.5 Å².